The molecule has 0 saturated carbocycles. The molecule has 29 heavy (non-hydrogen) atoms. The molecule has 0 unspecified atom stereocenters. The van der Waals surface area contributed by atoms with E-state index in [0.717, 1.165) is 6.61 Å². The van der Waals surface area contributed by atoms with E-state index in [1.165, 1.54) is 69.8 Å². The summed E-state index contributed by atoms with van der Waals surface area (Å²) in [5.74, 6) is 0. The molecule has 0 saturated heterocycles. The molecule has 0 aliphatic heterocycles. The maximum Gasteiger partial charge on any atom is 0.0718 e. The van der Waals surface area contributed by atoms with Crippen molar-refractivity contribution >= 4 is 0 Å². The van der Waals surface area contributed by atoms with Crippen molar-refractivity contribution in [1.82, 2.24) is 0 Å². The second-order valence-corrected chi connectivity index (χ2v) is 7.56. The van der Waals surface area contributed by atoms with Gasteiger partial charge in [0.05, 0.1) is 46.2 Å². The molecule has 0 N–H and O–H groups in total. The summed E-state index contributed by atoms with van der Waals surface area (Å²) in [6.45, 7) is 7.51. The van der Waals surface area contributed by atoms with Crippen molar-refractivity contribution in [2.75, 3.05) is 46.2 Å². The van der Waals surface area contributed by atoms with Gasteiger partial charge in [0, 0.05) is 6.61 Å². The molecule has 1 rings (SSSR count). The van der Waals surface area contributed by atoms with Gasteiger partial charge in [-0.3, -0.25) is 0 Å². The smallest absolute Gasteiger partial charge is 0.0718 e. The van der Waals surface area contributed by atoms with Gasteiger partial charge < -0.3 is 18.9 Å². The first kappa shape index (κ1) is 26.1. The molecule has 0 bridgehead atoms. The minimum Gasteiger partial charge on any atom is -0.379 e. The highest BCUT2D eigenvalue weighted by atomic mass is 16.6. The van der Waals surface area contributed by atoms with Gasteiger partial charge in [-0.25, -0.2) is 0 Å². The molecular formula is C25H44O4. The van der Waals surface area contributed by atoms with Crippen LogP contribution in [-0.2, 0) is 25.6 Å². The molecule has 4 heteroatoms. The Labute approximate surface area is 179 Å². The van der Waals surface area contributed by atoms with E-state index in [2.05, 4.69) is 19.1 Å². The summed E-state index contributed by atoms with van der Waals surface area (Å²) in [6.07, 6.45) is 13.6. The second-order valence-electron chi connectivity index (χ2n) is 7.56. The Kier molecular flexibility index (Phi) is 19.6. The Hall–Kier alpha value is -0.940. The molecule has 0 heterocycles. The number of benzene rings is 1. The van der Waals surface area contributed by atoms with E-state index in [0.29, 0.717) is 46.2 Å². The third kappa shape index (κ3) is 18.8. The Morgan fingerprint density at radius 2 is 0.931 bits per heavy atom. The minimum absolute atomic E-state index is 0.603. The van der Waals surface area contributed by atoms with Gasteiger partial charge in [0.15, 0.2) is 0 Å². The molecule has 0 spiro atoms. The number of hydrogen-bond acceptors (Lipinski definition) is 4. The lowest BCUT2D eigenvalue weighted by Crippen LogP contribution is -2.12. The van der Waals surface area contributed by atoms with Gasteiger partial charge in [0.25, 0.3) is 0 Å². The fourth-order valence-electron chi connectivity index (χ4n) is 3.12. The van der Waals surface area contributed by atoms with E-state index >= 15 is 0 Å². The van der Waals surface area contributed by atoms with Crippen molar-refractivity contribution < 1.29 is 18.9 Å². The first-order chi connectivity index (χ1) is 14.4. The van der Waals surface area contributed by atoms with Crippen LogP contribution in [0.3, 0.4) is 0 Å². The Morgan fingerprint density at radius 3 is 1.48 bits per heavy atom. The van der Waals surface area contributed by atoms with E-state index in [4.69, 9.17) is 18.9 Å². The first-order valence-corrected chi connectivity index (χ1v) is 11.8. The van der Waals surface area contributed by atoms with Crippen LogP contribution in [0.1, 0.15) is 76.7 Å². The molecule has 1 aromatic carbocycles. The zero-order valence-corrected chi connectivity index (χ0v) is 18.7. The molecule has 1 aromatic rings. The zero-order chi connectivity index (χ0) is 20.7. The van der Waals surface area contributed by atoms with E-state index in [1.807, 2.05) is 18.2 Å². The van der Waals surface area contributed by atoms with Crippen LogP contribution in [0.2, 0.25) is 0 Å². The second kappa shape index (κ2) is 21.8. The normalized spacial score (nSPS) is 11.2. The topological polar surface area (TPSA) is 36.9 Å². The predicted octanol–water partition coefficient (Wildman–Crippen LogP) is 6.17. The minimum atomic E-state index is 0.603. The van der Waals surface area contributed by atoms with Crippen LogP contribution >= 0.6 is 0 Å². The highest BCUT2D eigenvalue weighted by Crippen LogP contribution is 2.10. The van der Waals surface area contributed by atoms with Crippen molar-refractivity contribution in [3.63, 3.8) is 0 Å². The zero-order valence-electron chi connectivity index (χ0n) is 18.7. The molecule has 0 radical (unpaired) electrons. The first-order valence-electron chi connectivity index (χ1n) is 11.8. The Balaban J connectivity index is 1.66. The molecular weight excluding hydrogens is 364 g/mol. The van der Waals surface area contributed by atoms with Gasteiger partial charge in [-0.1, -0.05) is 95.0 Å². The van der Waals surface area contributed by atoms with Crippen molar-refractivity contribution in [3.8, 4) is 0 Å². The lowest BCUT2D eigenvalue weighted by molar-refractivity contribution is -0.00440. The maximum atomic E-state index is 5.62. The highest BCUT2D eigenvalue weighted by molar-refractivity contribution is 5.13. The van der Waals surface area contributed by atoms with Crippen LogP contribution < -0.4 is 0 Å². The lowest BCUT2D eigenvalue weighted by Gasteiger charge is -2.08. The largest absolute Gasteiger partial charge is 0.379 e. The van der Waals surface area contributed by atoms with Gasteiger partial charge in [0.1, 0.15) is 0 Å². The van der Waals surface area contributed by atoms with Gasteiger partial charge in [-0.2, -0.15) is 0 Å². The summed E-state index contributed by atoms with van der Waals surface area (Å²) in [5.41, 5.74) is 1.19. The molecule has 0 aliphatic carbocycles. The van der Waals surface area contributed by atoms with Crippen LogP contribution in [0.15, 0.2) is 30.3 Å². The summed E-state index contributed by atoms with van der Waals surface area (Å²) in [7, 11) is 0. The molecule has 0 amide bonds. The lowest BCUT2D eigenvalue weighted by atomic mass is 10.1. The summed E-state index contributed by atoms with van der Waals surface area (Å²) in [5, 5.41) is 0. The molecule has 168 valence electrons. The molecule has 4 nitrogen and oxygen atoms in total. The third-order valence-electron chi connectivity index (χ3n) is 4.87. The van der Waals surface area contributed by atoms with Crippen LogP contribution in [0, 0.1) is 0 Å². The van der Waals surface area contributed by atoms with Crippen molar-refractivity contribution in [3.05, 3.63) is 35.9 Å². The number of ether oxygens (including phenoxy) is 4. The van der Waals surface area contributed by atoms with Crippen molar-refractivity contribution in [2.45, 2.75) is 77.7 Å². The fraction of sp³-hybridized carbons (Fsp3) is 0.760. The summed E-state index contributed by atoms with van der Waals surface area (Å²) < 4.78 is 22.2. The Morgan fingerprint density at radius 1 is 0.483 bits per heavy atom. The van der Waals surface area contributed by atoms with Crippen LogP contribution in [0.4, 0.5) is 0 Å². The molecule has 0 aliphatic rings. The highest BCUT2D eigenvalue weighted by Gasteiger charge is 1.95. The number of unbranched alkanes of at least 4 members (excludes halogenated alkanes) is 9. The quantitative estimate of drug-likeness (QED) is 0.215. The average Bonchev–Trinajstić information content (AvgIpc) is 2.75. The number of hydrogen-bond donors (Lipinski definition) is 0. The standard InChI is InChI=1S/C25H44O4/c1-2-3-4-5-6-7-8-9-10-14-17-26-18-19-27-20-21-28-22-23-29-24-25-15-12-11-13-16-25/h11-13,15-16H,2-10,14,17-24H2,1H3. The summed E-state index contributed by atoms with van der Waals surface area (Å²) >= 11 is 0. The third-order valence-corrected chi connectivity index (χ3v) is 4.87. The van der Waals surface area contributed by atoms with Gasteiger partial charge in [-0.05, 0) is 12.0 Å². The molecule has 0 atom stereocenters. The van der Waals surface area contributed by atoms with Gasteiger partial charge in [0.2, 0.25) is 0 Å². The van der Waals surface area contributed by atoms with Gasteiger partial charge >= 0.3 is 0 Å². The molecule has 0 aromatic heterocycles. The summed E-state index contributed by atoms with van der Waals surface area (Å²) in [4.78, 5) is 0. The van der Waals surface area contributed by atoms with Crippen LogP contribution in [0.5, 0.6) is 0 Å². The van der Waals surface area contributed by atoms with Crippen molar-refractivity contribution in [1.29, 1.82) is 0 Å². The maximum absolute atomic E-state index is 5.62. The SMILES string of the molecule is CCCCCCCCCCCCOCCOCCOCCOCc1ccccc1. The predicted molar refractivity (Wildman–Crippen MR) is 120 cm³/mol. The van der Waals surface area contributed by atoms with Crippen LogP contribution in [-0.4, -0.2) is 46.2 Å². The van der Waals surface area contributed by atoms with Gasteiger partial charge in [-0.15, -0.1) is 0 Å². The Bertz CT molecular complexity index is 424. The van der Waals surface area contributed by atoms with E-state index in [1.54, 1.807) is 0 Å². The van der Waals surface area contributed by atoms with E-state index in [9.17, 15) is 0 Å². The number of rotatable bonds is 22. The van der Waals surface area contributed by atoms with E-state index in [-0.39, 0.29) is 0 Å². The van der Waals surface area contributed by atoms with E-state index < -0.39 is 0 Å². The van der Waals surface area contributed by atoms with Crippen molar-refractivity contribution in [2.24, 2.45) is 0 Å². The monoisotopic (exact) mass is 408 g/mol. The van der Waals surface area contributed by atoms with Crippen LogP contribution in [0.25, 0.3) is 0 Å². The fourth-order valence-corrected chi connectivity index (χ4v) is 3.12. The summed E-state index contributed by atoms with van der Waals surface area (Å²) in [6, 6.07) is 10.2. The molecule has 0 fully saturated rings. The average molecular weight is 409 g/mol.